The van der Waals surface area contributed by atoms with Gasteiger partial charge in [0.25, 0.3) is 5.95 Å². The van der Waals surface area contributed by atoms with Gasteiger partial charge in [-0.3, -0.25) is 0 Å². The minimum Gasteiger partial charge on any atom is -0.480 e. The second-order valence-electron chi connectivity index (χ2n) is 1.01. The van der Waals surface area contributed by atoms with E-state index in [9.17, 15) is 0 Å². The standard InChI is InChI=1S/C4H4O2S/c5-4-2-1-3-7-6-4/h1-3,5H. The zero-order valence-corrected chi connectivity index (χ0v) is 4.31. The summed E-state index contributed by atoms with van der Waals surface area (Å²) in [7, 11) is 0. The first-order valence-corrected chi connectivity index (χ1v) is 2.59. The molecule has 1 N–H and O–H groups in total. The van der Waals surface area contributed by atoms with Crippen LogP contribution in [0.15, 0.2) is 23.5 Å². The molecule has 7 heavy (non-hydrogen) atoms. The lowest BCUT2D eigenvalue weighted by molar-refractivity contribution is 0.235. The molecule has 0 fully saturated rings. The zero-order chi connectivity index (χ0) is 5.11. The van der Waals surface area contributed by atoms with Gasteiger partial charge in [-0.05, 0) is 6.08 Å². The highest BCUT2D eigenvalue weighted by atomic mass is 32.2. The molecule has 0 radical (unpaired) electrons. The Hall–Kier alpha value is -0.570. The Bertz CT molecular complexity index is 117. The van der Waals surface area contributed by atoms with Gasteiger partial charge in [-0.2, -0.15) is 0 Å². The van der Waals surface area contributed by atoms with Gasteiger partial charge in [-0.1, -0.05) is 0 Å². The van der Waals surface area contributed by atoms with Crippen LogP contribution in [-0.4, -0.2) is 5.11 Å². The summed E-state index contributed by atoms with van der Waals surface area (Å²) < 4.78 is 4.52. The Morgan fingerprint density at radius 1 is 1.71 bits per heavy atom. The molecule has 1 aliphatic heterocycles. The van der Waals surface area contributed by atoms with E-state index in [2.05, 4.69) is 4.18 Å². The molecule has 0 saturated carbocycles. The number of hydrogen-bond donors (Lipinski definition) is 1. The molecule has 1 heterocycles. The highest BCUT2D eigenvalue weighted by Gasteiger charge is 1.92. The van der Waals surface area contributed by atoms with Gasteiger partial charge in [0.2, 0.25) is 0 Å². The van der Waals surface area contributed by atoms with Crippen molar-refractivity contribution in [3.8, 4) is 0 Å². The summed E-state index contributed by atoms with van der Waals surface area (Å²) in [6.07, 6.45) is 3.19. The van der Waals surface area contributed by atoms with E-state index in [1.165, 1.54) is 6.08 Å². The highest BCUT2D eigenvalue weighted by molar-refractivity contribution is 7.97. The number of allylic oxidation sites excluding steroid dienone is 2. The molecule has 0 amide bonds. The minimum atomic E-state index is -0.0347. The van der Waals surface area contributed by atoms with E-state index in [1.807, 2.05) is 0 Å². The van der Waals surface area contributed by atoms with Gasteiger partial charge in [0.15, 0.2) is 0 Å². The number of rotatable bonds is 0. The number of aliphatic hydroxyl groups excluding tert-OH is 1. The molecule has 0 aromatic heterocycles. The van der Waals surface area contributed by atoms with E-state index in [0.717, 1.165) is 12.0 Å². The van der Waals surface area contributed by atoms with Gasteiger partial charge in [-0.15, -0.1) is 0 Å². The topological polar surface area (TPSA) is 29.5 Å². The average molecular weight is 116 g/mol. The van der Waals surface area contributed by atoms with E-state index in [4.69, 9.17) is 5.11 Å². The fourth-order valence-corrected chi connectivity index (χ4v) is 0.611. The van der Waals surface area contributed by atoms with E-state index < -0.39 is 0 Å². The van der Waals surface area contributed by atoms with Gasteiger partial charge < -0.3 is 9.29 Å². The Kier molecular flexibility index (Phi) is 1.26. The predicted octanol–water partition coefficient (Wildman–Crippen LogP) is 1.58. The highest BCUT2D eigenvalue weighted by Crippen LogP contribution is 2.13. The van der Waals surface area contributed by atoms with Crippen molar-refractivity contribution >= 4 is 12.0 Å². The molecule has 0 aliphatic carbocycles. The van der Waals surface area contributed by atoms with Crippen LogP contribution in [0.25, 0.3) is 0 Å². The lowest BCUT2D eigenvalue weighted by atomic mass is 10.6. The quantitative estimate of drug-likeness (QED) is 0.487. The van der Waals surface area contributed by atoms with Crippen molar-refractivity contribution in [3.63, 3.8) is 0 Å². The van der Waals surface area contributed by atoms with Crippen molar-refractivity contribution in [3.05, 3.63) is 23.5 Å². The zero-order valence-electron chi connectivity index (χ0n) is 3.50. The number of hydrogen-bond acceptors (Lipinski definition) is 3. The van der Waals surface area contributed by atoms with Crippen LogP contribution in [0.3, 0.4) is 0 Å². The third-order valence-electron chi connectivity index (χ3n) is 0.506. The van der Waals surface area contributed by atoms with Crippen LogP contribution < -0.4 is 0 Å². The summed E-state index contributed by atoms with van der Waals surface area (Å²) in [6, 6.07) is 0. The molecule has 0 aromatic rings. The molecule has 3 heteroatoms. The molecule has 1 rings (SSSR count). The van der Waals surface area contributed by atoms with Crippen LogP contribution in [-0.2, 0) is 4.18 Å². The molecule has 38 valence electrons. The van der Waals surface area contributed by atoms with Crippen LogP contribution >= 0.6 is 12.0 Å². The molecule has 0 bridgehead atoms. The molecule has 0 atom stereocenters. The summed E-state index contributed by atoms with van der Waals surface area (Å²) in [5, 5.41) is 10.2. The molecule has 1 aliphatic rings. The Morgan fingerprint density at radius 2 is 2.57 bits per heavy atom. The van der Waals surface area contributed by atoms with E-state index in [-0.39, 0.29) is 5.95 Å². The third-order valence-corrected chi connectivity index (χ3v) is 1.04. The Balaban J connectivity index is 2.57. The molecular weight excluding hydrogens is 112 g/mol. The fourth-order valence-electron chi connectivity index (χ4n) is 0.259. The van der Waals surface area contributed by atoms with E-state index in [0.29, 0.717) is 0 Å². The van der Waals surface area contributed by atoms with Gasteiger partial charge in [0.1, 0.15) is 0 Å². The lowest BCUT2D eigenvalue weighted by Gasteiger charge is -1.98. The first-order valence-electron chi connectivity index (χ1n) is 1.79. The van der Waals surface area contributed by atoms with Crippen molar-refractivity contribution in [2.75, 3.05) is 0 Å². The van der Waals surface area contributed by atoms with Crippen molar-refractivity contribution in [2.24, 2.45) is 0 Å². The van der Waals surface area contributed by atoms with Crippen LogP contribution in [0, 0.1) is 0 Å². The maximum Gasteiger partial charge on any atom is 0.289 e. The fraction of sp³-hybridized carbons (Fsp3) is 0. The van der Waals surface area contributed by atoms with Crippen molar-refractivity contribution in [1.29, 1.82) is 0 Å². The van der Waals surface area contributed by atoms with Crippen LogP contribution in [0.4, 0.5) is 0 Å². The third kappa shape index (κ3) is 1.16. The van der Waals surface area contributed by atoms with Crippen molar-refractivity contribution < 1.29 is 9.29 Å². The minimum absolute atomic E-state index is 0.0347. The molecule has 0 spiro atoms. The van der Waals surface area contributed by atoms with Crippen LogP contribution in [0.5, 0.6) is 0 Å². The molecule has 0 aromatic carbocycles. The normalized spacial score (nSPS) is 18.0. The van der Waals surface area contributed by atoms with E-state index >= 15 is 0 Å². The smallest absolute Gasteiger partial charge is 0.289 e. The average Bonchev–Trinajstić information content (AvgIpc) is 1.69. The van der Waals surface area contributed by atoms with Crippen molar-refractivity contribution in [1.82, 2.24) is 0 Å². The van der Waals surface area contributed by atoms with E-state index in [1.54, 1.807) is 11.5 Å². The Morgan fingerprint density at radius 3 is 2.86 bits per heavy atom. The maximum absolute atomic E-state index is 8.48. The summed E-state index contributed by atoms with van der Waals surface area (Å²) in [6.45, 7) is 0. The monoisotopic (exact) mass is 116 g/mol. The van der Waals surface area contributed by atoms with Crippen LogP contribution in [0.1, 0.15) is 0 Å². The number of aliphatic hydroxyl groups is 1. The van der Waals surface area contributed by atoms with Crippen molar-refractivity contribution in [2.45, 2.75) is 0 Å². The first kappa shape index (κ1) is 4.59. The van der Waals surface area contributed by atoms with Crippen LogP contribution in [0.2, 0.25) is 0 Å². The summed E-state index contributed by atoms with van der Waals surface area (Å²) in [5.74, 6) is -0.0347. The second kappa shape index (κ2) is 1.93. The second-order valence-corrected chi connectivity index (χ2v) is 1.64. The van der Waals surface area contributed by atoms with Gasteiger partial charge in [0, 0.05) is 11.5 Å². The molecule has 0 unspecified atom stereocenters. The molecule has 2 nitrogen and oxygen atoms in total. The van der Waals surface area contributed by atoms with Gasteiger partial charge in [-0.25, -0.2) is 0 Å². The summed E-state index contributed by atoms with van der Waals surface area (Å²) in [4.78, 5) is 0. The van der Waals surface area contributed by atoms with Gasteiger partial charge in [0.05, 0.1) is 12.0 Å². The largest absolute Gasteiger partial charge is 0.480 e. The van der Waals surface area contributed by atoms with Gasteiger partial charge >= 0.3 is 0 Å². The maximum atomic E-state index is 8.48. The predicted molar refractivity (Wildman–Crippen MR) is 28.5 cm³/mol. The molecular formula is C4H4O2S. The first-order chi connectivity index (χ1) is 3.39. The summed E-state index contributed by atoms with van der Waals surface area (Å²) in [5.41, 5.74) is 0. The SMILES string of the molecule is OC1=CC=CSO1. The molecule has 0 saturated heterocycles. The Labute approximate surface area is 45.7 Å². The lowest BCUT2D eigenvalue weighted by Crippen LogP contribution is -1.81. The summed E-state index contributed by atoms with van der Waals surface area (Å²) >= 11 is 1.10.